The summed E-state index contributed by atoms with van der Waals surface area (Å²) in [7, 11) is 1.64. The summed E-state index contributed by atoms with van der Waals surface area (Å²) in [6.45, 7) is 5.02. The number of rotatable bonds is 7. The second-order valence-electron chi connectivity index (χ2n) is 7.46. The number of hydrogen-bond acceptors (Lipinski definition) is 6. The third-order valence-electron chi connectivity index (χ3n) is 5.50. The van der Waals surface area contributed by atoms with E-state index in [1.54, 1.807) is 18.9 Å². The summed E-state index contributed by atoms with van der Waals surface area (Å²) < 4.78 is 11.0. The maximum atomic E-state index is 5.78. The summed E-state index contributed by atoms with van der Waals surface area (Å²) in [5, 5.41) is 8.46. The second kappa shape index (κ2) is 9.75. The van der Waals surface area contributed by atoms with Crippen molar-refractivity contribution in [2.75, 3.05) is 19.9 Å². The van der Waals surface area contributed by atoms with Gasteiger partial charge in [0.1, 0.15) is 5.75 Å². The lowest BCUT2D eigenvalue weighted by Crippen LogP contribution is -2.46. The summed E-state index contributed by atoms with van der Waals surface area (Å²) in [6.07, 6.45) is 3.04. The number of allylic oxidation sites excluding steroid dienone is 1. The highest BCUT2D eigenvalue weighted by molar-refractivity contribution is 7.98. The van der Waals surface area contributed by atoms with E-state index in [1.165, 1.54) is 4.90 Å². The molecule has 1 atom stereocenters. The Morgan fingerprint density at radius 3 is 2.50 bits per heavy atom. The number of nitrogens with zero attached hydrogens (tertiary/aromatic N) is 3. The van der Waals surface area contributed by atoms with E-state index in [0.29, 0.717) is 16.8 Å². The molecule has 0 saturated carbocycles. The van der Waals surface area contributed by atoms with E-state index in [-0.39, 0.29) is 6.04 Å². The van der Waals surface area contributed by atoms with Crippen molar-refractivity contribution in [2.45, 2.75) is 31.2 Å². The van der Waals surface area contributed by atoms with E-state index < -0.39 is 0 Å². The van der Waals surface area contributed by atoms with Gasteiger partial charge in [0.25, 0.3) is 5.89 Å². The van der Waals surface area contributed by atoms with Gasteiger partial charge in [0.15, 0.2) is 5.11 Å². The van der Waals surface area contributed by atoms with E-state index in [9.17, 15) is 0 Å². The molecule has 0 spiro atoms. The molecule has 1 aromatic heterocycles. The minimum atomic E-state index is -0.171. The summed E-state index contributed by atoms with van der Waals surface area (Å²) in [5.41, 5.74) is 3.93. The average Bonchev–Trinajstić information content (AvgIpc) is 3.31. The topological polar surface area (TPSA) is 63.4 Å². The van der Waals surface area contributed by atoms with Crippen LogP contribution < -0.4 is 10.1 Å². The summed E-state index contributed by atoms with van der Waals surface area (Å²) >= 11 is 7.42. The van der Waals surface area contributed by atoms with Crippen LogP contribution >= 0.6 is 24.0 Å². The van der Waals surface area contributed by atoms with E-state index in [0.717, 1.165) is 41.1 Å². The molecule has 0 aliphatic carbocycles. The number of hydrogen-bond donors (Lipinski definition) is 1. The Morgan fingerprint density at radius 2 is 1.88 bits per heavy atom. The highest BCUT2D eigenvalue weighted by Crippen LogP contribution is 2.38. The zero-order valence-corrected chi connectivity index (χ0v) is 20.2. The van der Waals surface area contributed by atoms with Crippen LogP contribution in [0.15, 0.2) is 63.6 Å². The van der Waals surface area contributed by atoms with Crippen LogP contribution in [0.4, 0.5) is 0 Å². The molecule has 0 fully saturated rings. The molecular weight excluding hydrogens is 440 g/mol. The molecule has 0 radical (unpaired) electrons. The molecule has 8 heteroatoms. The van der Waals surface area contributed by atoms with Gasteiger partial charge >= 0.3 is 0 Å². The average molecular weight is 467 g/mol. The molecule has 0 amide bonds. The number of ether oxygens (including phenoxy) is 1. The van der Waals surface area contributed by atoms with Crippen LogP contribution in [-0.4, -0.2) is 40.1 Å². The van der Waals surface area contributed by atoms with Crippen molar-refractivity contribution < 1.29 is 9.26 Å². The quantitative estimate of drug-likeness (QED) is 0.360. The van der Waals surface area contributed by atoms with Gasteiger partial charge in [0.2, 0.25) is 5.82 Å². The van der Waals surface area contributed by atoms with Gasteiger partial charge in [0, 0.05) is 22.7 Å². The predicted octanol–water partition coefficient (Wildman–Crippen LogP) is 5.54. The molecule has 166 valence electrons. The van der Waals surface area contributed by atoms with Gasteiger partial charge in [-0.2, -0.15) is 4.98 Å². The van der Waals surface area contributed by atoms with Crippen molar-refractivity contribution in [1.82, 2.24) is 20.4 Å². The molecule has 32 heavy (non-hydrogen) atoms. The smallest absolute Gasteiger partial charge is 0.258 e. The van der Waals surface area contributed by atoms with Gasteiger partial charge in [-0.3, -0.25) is 0 Å². The number of benzene rings is 2. The van der Waals surface area contributed by atoms with E-state index >= 15 is 0 Å². The number of nitrogens with one attached hydrogen (secondary N) is 1. The molecule has 0 bridgehead atoms. The van der Waals surface area contributed by atoms with Crippen LogP contribution in [0.1, 0.15) is 37.8 Å². The summed E-state index contributed by atoms with van der Waals surface area (Å²) in [5.74, 6) is 1.81. The molecule has 6 nitrogen and oxygen atoms in total. The van der Waals surface area contributed by atoms with Gasteiger partial charge in [-0.15, -0.1) is 11.8 Å². The SMILES string of the molecule is CCCN1C(=S)NC(c2ccc(SC)cc2)C(c2nc(-c3ccc(OC)cc3)no2)=C1C. The lowest BCUT2D eigenvalue weighted by molar-refractivity contribution is 0.396. The maximum Gasteiger partial charge on any atom is 0.258 e. The largest absolute Gasteiger partial charge is 0.497 e. The zero-order chi connectivity index (χ0) is 22.7. The fourth-order valence-corrected chi connectivity index (χ4v) is 4.54. The van der Waals surface area contributed by atoms with E-state index in [2.05, 4.69) is 59.7 Å². The van der Waals surface area contributed by atoms with Crippen LogP contribution in [-0.2, 0) is 0 Å². The standard InChI is InChI=1S/C24H26N4O2S2/c1-5-14-28-15(2)20(21(25-24(28)31)16-8-12-19(32-4)13-9-16)23-26-22(27-30-23)17-6-10-18(29-3)11-7-17/h6-13,21H,5,14H2,1-4H3,(H,25,31). The van der Waals surface area contributed by atoms with Crippen LogP contribution in [0, 0.1) is 0 Å². The number of methoxy groups -OCH3 is 1. The molecular formula is C24H26N4O2S2. The van der Waals surface area contributed by atoms with Crippen molar-refractivity contribution in [3.05, 3.63) is 65.7 Å². The maximum absolute atomic E-state index is 5.78. The number of thioether (sulfide) groups is 1. The summed E-state index contributed by atoms with van der Waals surface area (Å²) in [6, 6.07) is 15.9. The molecule has 1 aliphatic rings. The Morgan fingerprint density at radius 1 is 1.16 bits per heavy atom. The zero-order valence-electron chi connectivity index (χ0n) is 18.6. The fourth-order valence-electron chi connectivity index (χ4n) is 3.79. The van der Waals surface area contributed by atoms with Crippen LogP contribution in [0.3, 0.4) is 0 Å². The van der Waals surface area contributed by atoms with Crippen molar-refractivity contribution in [1.29, 1.82) is 0 Å². The Hall–Kier alpha value is -2.84. The molecule has 1 N–H and O–H groups in total. The molecule has 2 aromatic carbocycles. The van der Waals surface area contributed by atoms with Gasteiger partial charge in [-0.05, 0) is 73.8 Å². The third-order valence-corrected chi connectivity index (χ3v) is 6.58. The Bertz CT molecular complexity index is 1120. The van der Waals surface area contributed by atoms with Gasteiger partial charge < -0.3 is 19.5 Å². The minimum Gasteiger partial charge on any atom is -0.497 e. The molecule has 3 aromatic rings. The molecule has 1 unspecified atom stereocenters. The van der Waals surface area contributed by atoms with Crippen molar-refractivity contribution >= 4 is 34.7 Å². The number of aromatic nitrogens is 2. The van der Waals surface area contributed by atoms with Crippen LogP contribution in [0.25, 0.3) is 17.0 Å². The van der Waals surface area contributed by atoms with Gasteiger partial charge in [-0.25, -0.2) is 0 Å². The van der Waals surface area contributed by atoms with Gasteiger partial charge in [-0.1, -0.05) is 24.2 Å². The minimum absolute atomic E-state index is 0.171. The Balaban J connectivity index is 1.77. The summed E-state index contributed by atoms with van der Waals surface area (Å²) in [4.78, 5) is 8.06. The van der Waals surface area contributed by atoms with Crippen molar-refractivity contribution in [3.8, 4) is 17.1 Å². The fraction of sp³-hybridized carbons (Fsp3) is 0.292. The van der Waals surface area contributed by atoms with E-state index in [1.807, 2.05) is 24.3 Å². The van der Waals surface area contributed by atoms with E-state index in [4.69, 9.17) is 26.5 Å². The molecule has 0 saturated heterocycles. The molecule has 1 aliphatic heterocycles. The first-order valence-electron chi connectivity index (χ1n) is 10.5. The Labute approximate surface area is 198 Å². The molecule has 4 rings (SSSR count). The van der Waals surface area contributed by atoms with Crippen LogP contribution in [0.2, 0.25) is 0 Å². The first-order valence-corrected chi connectivity index (χ1v) is 12.1. The first kappa shape index (κ1) is 22.4. The molecule has 2 heterocycles. The lowest BCUT2D eigenvalue weighted by Gasteiger charge is -2.37. The lowest BCUT2D eigenvalue weighted by atomic mass is 9.95. The highest BCUT2D eigenvalue weighted by Gasteiger charge is 2.33. The highest BCUT2D eigenvalue weighted by atomic mass is 32.2. The van der Waals surface area contributed by atoms with Gasteiger partial charge in [0.05, 0.1) is 18.7 Å². The van der Waals surface area contributed by atoms with Crippen molar-refractivity contribution in [2.24, 2.45) is 0 Å². The van der Waals surface area contributed by atoms with Crippen molar-refractivity contribution in [3.63, 3.8) is 0 Å². The Kier molecular flexibility index (Phi) is 6.81. The first-order chi connectivity index (χ1) is 15.5. The van der Waals surface area contributed by atoms with Crippen LogP contribution in [0.5, 0.6) is 5.75 Å². The monoisotopic (exact) mass is 466 g/mol. The number of thiocarbonyl (C=S) groups is 1. The third kappa shape index (κ3) is 4.38. The second-order valence-corrected chi connectivity index (χ2v) is 8.72. The predicted molar refractivity (Wildman–Crippen MR) is 133 cm³/mol. The normalized spacial score (nSPS) is 16.3.